The summed E-state index contributed by atoms with van der Waals surface area (Å²) in [5, 5.41) is 6.82. The molecule has 0 amide bonds. The van der Waals surface area contributed by atoms with Crippen LogP contribution in [0.4, 0.5) is 23.0 Å². The molecule has 3 aliphatic rings. The average Bonchev–Trinajstić information content (AvgIpc) is 2.95. The van der Waals surface area contributed by atoms with E-state index in [-0.39, 0.29) is 0 Å². The molecule has 1 fully saturated rings. The van der Waals surface area contributed by atoms with Crippen LogP contribution in [-0.2, 0) is 17.7 Å². The first-order chi connectivity index (χ1) is 17.7. The van der Waals surface area contributed by atoms with Crippen molar-refractivity contribution in [1.82, 2.24) is 19.9 Å². The van der Waals surface area contributed by atoms with Crippen LogP contribution in [0.15, 0.2) is 30.7 Å². The molecule has 0 spiro atoms. The predicted octanol–water partition coefficient (Wildman–Crippen LogP) is 4.61. The first kappa shape index (κ1) is 24.2. The smallest absolute Gasteiger partial charge is 0.237 e. The van der Waals surface area contributed by atoms with E-state index in [4.69, 9.17) is 14.5 Å². The highest BCUT2D eigenvalue weighted by molar-refractivity contribution is 5.70. The molecule has 0 unspecified atom stereocenters. The Hall–Kier alpha value is -3.46. The Morgan fingerprint density at radius 3 is 2.81 bits per heavy atom. The summed E-state index contributed by atoms with van der Waals surface area (Å²) in [7, 11) is 0. The van der Waals surface area contributed by atoms with Crippen LogP contribution in [0, 0.1) is 6.92 Å². The molecular formula is C27H35N7O2. The highest BCUT2D eigenvalue weighted by Gasteiger charge is 2.24. The van der Waals surface area contributed by atoms with Gasteiger partial charge < -0.3 is 25.0 Å². The quantitative estimate of drug-likeness (QED) is 0.545. The summed E-state index contributed by atoms with van der Waals surface area (Å²) in [6.07, 6.45) is 8.66. The number of anilines is 4. The molecule has 36 heavy (non-hydrogen) atoms. The van der Waals surface area contributed by atoms with Crippen LogP contribution in [0.2, 0.25) is 0 Å². The summed E-state index contributed by atoms with van der Waals surface area (Å²) in [4.78, 5) is 20.9. The molecule has 0 radical (unpaired) electrons. The van der Waals surface area contributed by atoms with Crippen LogP contribution in [0.3, 0.4) is 0 Å². The third-order valence-corrected chi connectivity index (χ3v) is 6.88. The van der Waals surface area contributed by atoms with Gasteiger partial charge in [-0.2, -0.15) is 0 Å². The molecular weight excluding hydrogens is 454 g/mol. The third kappa shape index (κ3) is 5.06. The van der Waals surface area contributed by atoms with E-state index >= 15 is 0 Å². The first-order valence-electron chi connectivity index (χ1n) is 13.0. The first-order valence-corrected chi connectivity index (χ1v) is 13.0. The molecule has 190 valence electrons. The van der Waals surface area contributed by atoms with Gasteiger partial charge in [0, 0.05) is 61.6 Å². The molecule has 6 heterocycles. The highest BCUT2D eigenvalue weighted by Crippen LogP contribution is 2.36. The number of fused-ring (bicyclic) bond motifs is 2. The van der Waals surface area contributed by atoms with Crippen molar-refractivity contribution in [3.63, 3.8) is 0 Å². The normalized spacial score (nSPS) is 17.0. The summed E-state index contributed by atoms with van der Waals surface area (Å²) >= 11 is 0. The van der Waals surface area contributed by atoms with Crippen molar-refractivity contribution < 1.29 is 9.47 Å². The number of rotatable bonds is 4. The molecule has 9 nitrogen and oxygen atoms in total. The zero-order chi connectivity index (χ0) is 24.9. The standard InChI is InChI=1S/C25H29N7O2.C2H6/c1-16-22(14-28-24-23(16)27-7-11-34-24)32-8-3-18-13-29-25(31-21(18)15-32)30-19-2-6-26-20(12-19)17-4-9-33-10-5-17;1-2/h2,6,12-14,17,27H,3-5,7-11,15H2,1H3,(H,26,29,30,31);1-2H3. The van der Waals surface area contributed by atoms with Gasteiger partial charge in [0.25, 0.3) is 0 Å². The van der Waals surface area contributed by atoms with Crippen LogP contribution >= 0.6 is 0 Å². The number of hydrogen-bond acceptors (Lipinski definition) is 9. The Labute approximate surface area is 212 Å². The lowest BCUT2D eigenvalue weighted by Crippen LogP contribution is -2.32. The Morgan fingerprint density at radius 1 is 1.08 bits per heavy atom. The molecule has 6 rings (SSSR count). The fraction of sp³-hybridized carbons (Fsp3) is 0.481. The second-order valence-electron chi connectivity index (χ2n) is 9.04. The summed E-state index contributed by atoms with van der Waals surface area (Å²) in [6.45, 7) is 10.8. The molecule has 3 aliphatic heterocycles. The lowest BCUT2D eigenvalue weighted by atomic mass is 9.96. The SMILES string of the molecule is CC.Cc1c(N2CCc3cnc(Nc4ccnc(C5CCOCC5)c4)nc3C2)cnc2c1NCCO2. The van der Waals surface area contributed by atoms with E-state index < -0.39 is 0 Å². The lowest BCUT2D eigenvalue weighted by Gasteiger charge is -2.32. The van der Waals surface area contributed by atoms with Gasteiger partial charge in [-0.15, -0.1) is 0 Å². The summed E-state index contributed by atoms with van der Waals surface area (Å²) in [6, 6.07) is 4.08. The molecule has 0 atom stereocenters. The molecule has 3 aromatic rings. The van der Waals surface area contributed by atoms with Crippen LogP contribution in [0.5, 0.6) is 5.88 Å². The van der Waals surface area contributed by atoms with Crippen LogP contribution in [0.25, 0.3) is 0 Å². The number of nitrogens with one attached hydrogen (secondary N) is 2. The van der Waals surface area contributed by atoms with E-state index in [2.05, 4.69) is 43.5 Å². The molecule has 9 heteroatoms. The maximum absolute atomic E-state index is 5.69. The third-order valence-electron chi connectivity index (χ3n) is 6.88. The Kier molecular flexibility index (Phi) is 7.46. The minimum Gasteiger partial charge on any atom is -0.474 e. The minimum atomic E-state index is 0.446. The van der Waals surface area contributed by atoms with Crippen LogP contribution < -0.4 is 20.3 Å². The number of pyridine rings is 2. The van der Waals surface area contributed by atoms with Crippen molar-refractivity contribution in [2.75, 3.05) is 48.4 Å². The molecule has 0 aromatic carbocycles. The van der Waals surface area contributed by atoms with Crippen LogP contribution in [0.1, 0.15) is 55.1 Å². The van der Waals surface area contributed by atoms with E-state index in [0.717, 1.165) is 86.1 Å². The van der Waals surface area contributed by atoms with E-state index in [9.17, 15) is 0 Å². The Bertz CT molecular complexity index is 1200. The number of aromatic nitrogens is 4. The molecule has 3 aromatic heterocycles. The van der Waals surface area contributed by atoms with Crippen LogP contribution in [-0.4, -0.2) is 52.8 Å². The summed E-state index contributed by atoms with van der Waals surface area (Å²) < 4.78 is 11.2. The van der Waals surface area contributed by atoms with Crippen molar-refractivity contribution in [3.8, 4) is 5.88 Å². The van der Waals surface area contributed by atoms with Crippen molar-refractivity contribution in [1.29, 1.82) is 0 Å². The lowest BCUT2D eigenvalue weighted by molar-refractivity contribution is 0.0845. The summed E-state index contributed by atoms with van der Waals surface area (Å²) in [5.41, 5.74) is 7.59. The zero-order valence-electron chi connectivity index (χ0n) is 21.4. The minimum absolute atomic E-state index is 0.446. The fourth-order valence-electron chi connectivity index (χ4n) is 4.97. The Balaban J connectivity index is 0.00000130. The molecule has 0 aliphatic carbocycles. The van der Waals surface area contributed by atoms with Gasteiger partial charge in [-0.05, 0) is 43.9 Å². The molecule has 0 saturated carbocycles. The zero-order valence-corrected chi connectivity index (χ0v) is 21.4. The van der Waals surface area contributed by atoms with Gasteiger partial charge in [-0.3, -0.25) is 4.98 Å². The number of hydrogen-bond donors (Lipinski definition) is 2. The van der Waals surface area contributed by atoms with Gasteiger partial charge in [0.05, 0.1) is 24.1 Å². The monoisotopic (exact) mass is 489 g/mol. The van der Waals surface area contributed by atoms with Gasteiger partial charge in [0.1, 0.15) is 12.3 Å². The summed E-state index contributed by atoms with van der Waals surface area (Å²) in [5.74, 6) is 1.75. The van der Waals surface area contributed by atoms with E-state index in [0.29, 0.717) is 24.4 Å². The predicted molar refractivity (Wildman–Crippen MR) is 141 cm³/mol. The van der Waals surface area contributed by atoms with E-state index in [1.807, 2.05) is 38.5 Å². The van der Waals surface area contributed by atoms with Crippen molar-refractivity contribution in [3.05, 3.63) is 53.2 Å². The maximum Gasteiger partial charge on any atom is 0.237 e. The molecule has 1 saturated heterocycles. The van der Waals surface area contributed by atoms with E-state index in [1.165, 1.54) is 5.56 Å². The number of ether oxygens (including phenoxy) is 2. The largest absolute Gasteiger partial charge is 0.474 e. The van der Waals surface area contributed by atoms with E-state index in [1.54, 1.807) is 0 Å². The average molecular weight is 490 g/mol. The van der Waals surface area contributed by atoms with Gasteiger partial charge in [-0.1, -0.05) is 13.8 Å². The second-order valence-corrected chi connectivity index (χ2v) is 9.04. The van der Waals surface area contributed by atoms with Crippen molar-refractivity contribution >= 4 is 23.0 Å². The second kappa shape index (κ2) is 11.1. The van der Waals surface area contributed by atoms with Gasteiger partial charge >= 0.3 is 0 Å². The molecule has 0 bridgehead atoms. The number of nitrogens with zero attached hydrogens (tertiary/aromatic N) is 5. The molecule has 2 N–H and O–H groups in total. The van der Waals surface area contributed by atoms with Crippen molar-refractivity contribution in [2.45, 2.75) is 52.5 Å². The maximum atomic E-state index is 5.69. The topological polar surface area (TPSA) is 97.3 Å². The Morgan fingerprint density at radius 2 is 1.94 bits per heavy atom. The highest BCUT2D eigenvalue weighted by atomic mass is 16.5. The van der Waals surface area contributed by atoms with Gasteiger partial charge in [-0.25, -0.2) is 15.0 Å². The van der Waals surface area contributed by atoms with Crippen molar-refractivity contribution in [2.24, 2.45) is 0 Å². The fourth-order valence-corrected chi connectivity index (χ4v) is 4.97. The van der Waals surface area contributed by atoms with Gasteiger partial charge in [0.2, 0.25) is 11.8 Å². The van der Waals surface area contributed by atoms with Gasteiger partial charge in [0.15, 0.2) is 0 Å².